The minimum absolute atomic E-state index is 0.0794. The van der Waals surface area contributed by atoms with Gasteiger partial charge < -0.3 is 23.4 Å². The number of carbonyl (C=O) groups is 2. The smallest absolute Gasteiger partial charge is 0.460 e. The van der Waals surface area contributed by atoms with Crippen LogP contribution in [0.25, 0.3) is 0 Å². The van der Waals surface area contributed by atoms with Gasteiger partial charge in [-0.15, -0.1) is 0 Å². The quantitative estimate of drug-likeness (QED) is 0.0162. The van der Waals surface area contributed by atoms with E-state index in [0.29, 0.717) is 22.6 Å². The Bertz CT molecular complexity index is 2080. The van der Waals surface area contributed by atoms with Crippen LogP contribution in [0, 0.1) is 0 Å². The second-order valence-electron chi connectivity index (χ2n) is 16.1. The van der Waals surface area contributed by atoms with E-state index < -0.39 is 117 Å². The van der Waals surface area contributed by atoms with E-state index >= 15 is 8.78 Å². The van der Waals surface area contributed by atoms with E-state index in [1.54, 1.807) is 25.1 Å². The minimum atomic E-state index is -8.71. The first kappa shape index (κ1) is 61.3. The Balaban J connectivity index is 2.34. The predicted octanol–water partition coefficient (Wildman–Crippen LogP) is 13.0. The monoisotopic (exact) mass is 1060 g/mol. The molecule has 2 rings (SSSR count). The molecule has 0 aliphatic rings. The number of hydroxylamine groups is 1. The molecule has 0 bridgehead atoms. The van der Waals surface area contributed by atoms with Crippen LogP contribution < -0.4 is 20.3 Å². The predicted molar refractivity (Wildman–Crippen MR) is 218 cm³/mol. The summed E-state index contributed by atoms with van der Waals surface area (Å²) >= 11 is 0. The van der Waals surface area contributed by atoms with Crippen molar-refractivity contribution >= 4 is 26.0 Å². The summed E-state index contributed by atoms with van der Waals surface area (Å²) in [5, 5.41) is 11.3. The summed E-state index contributed by atoms with van der Waals surface area (Å²) in [6.07, 6.45) is -9.13. The molecule has 0 heterocycles. The second kappa shape index (κ2) is 23.1. The molecule has 2 aromatic carbocycles. The highest BCUT2D eigenvalue weighted by Gasteiger charge is 2.95. The van der Waals surface area contributed by atoms with E-state index in [1.165, 1.54) is 89.9 Å². The summed E-state index contributed by atoms with van der Waals surface area (Å²) in [6.45, 7) is 5.77. The standard InChI is InChI=1S/C42H49F17N2O8Si/c1-24(2)70(25(3)4,22-19-35(43,44)36(45,46)37(47,48)38(49,50)39(51,52)40(53,54)41(55,56)42(57,58)59)68-21-20-67-30-15-11-27(12-16-30)33(31(66-7)10-8-9-26(5)23-32(62)61-64)69-34(63)60-28-13-17-29(65-6)18-14-28/h8-9,11-18,23-25,31,33,64H,10,19-22H2,1-7H3,(H,60,63)(H,61,62)/b9-8+,26-23+/t31-,33-/m0/s1. The molecule has 0 fully saturated rings. The Kier molecular flexibility index (Phi) is 20.3. The normalized spacial score (nSPS) is 15.0. The molecule has 0 saturated carbocycles. The number of rotatable bonds is 26. The Morgan fingerprint density at radius 2 is 1.17 bits per heavy atom. The van der Waals surface area contributed by atoms with Gasteiger partial charge in [0, 0.05) is 25.3 Å². The van der Waals surface area contributed by atoms with Gasteiger partial charge in [0.25, 0.3) is 5.91 Å². The van der Waals surface area contributed by atoms with E-state index in [9.17, 15) is 75.4 Å². The van der Waals surface area contributed by atoms with Crippen molar-refractivity contribution in [2.24, 2.45) is 0 Å². The molecule has 10 nitrogen and oxygen atoms in total. The number of methoxy groups -OCH3 is 2. The van der Waals surface area contributed by atoms with Crippen molar-refractivity contribution in [3.8, 4) is 11.5 Å². The van der Waals surface area contributed by atoms with Crippen molar-refractivity contribution in [3.05, 3.63) is 77.9 Å². The van der Waals surface area contributed by atoms with Crippen molar-refractivity contribution in [2.45, 2.75) is 124 Å². The topological polar surface area (TPSA) is 125 Å². The lowest BCUT2D eigenvalue weighted by Crippen LogP contribution is -2.74. The molecule has 0 radical (unpaired) electrons. The van der Waals surface area contributed by atoms with Crippen LogP contribution in [0.4, 0.5) is 85.1 Å². The largest absolute Gasteiger partial charge is 0.497 e. The molecule has 2 aromatic rings. The van der Waals surface area contributed by atoms with Crippen LogP contribution in [0.15, 0.2) is 72.3 Å². The average molecular weight is 1060 g/mol. The summed E-state index contributed by atoms with van der Waals surface area (Å²) in [5.74, 6) is -57.2. The van der Waals surface area contributed by atoms with Crippen LogP contribution in [-0.2, 0) is 18.7 Å². The molecule has 2 amide bonds. The molecular weight excluding hydrogens is 1010 g/mol. The van der Waals surface area contributed by atoms with Crippen LogP contribution >= 0.6 is 0 Å². The van der Waals surface area contributed by atoms with Crippen LogP contribution in [0.2, 0.25) is 17.1 Å². The summed E-state index contributed by atoms with van der Waals surface area (Å²) in [7, 11) is -1.29. The first-order valence-electron chi connectivity index (χ1n) is 20.4. The van der Waals surface area contributed by atoms with Crippen molar-refractivity contribution < 1.29 is 113 Å². The van der Waals surface area contributed by atoms with Crippen molar-refractivity contribution in [1.82, 2.24) is 5.48 Å². The average Bonchev–Trinajstić information content (AvgIpc) is 3.26. The van der Waals surface area contributed by atoms with Crippen LogP contribution in [0.5, 0.6) is 11.5 Å². The number of allylic oxidation sites excluding steroid dienone is 2. The van der Waals surface area contributed by atoms with E-state index in [1.807, 2.05) is 0 Å². The number of anilines is 1. The number of benzene rings is 2. The molecule has 28 heteroatoms. The lowest BCUT2D eigenvalue weighted by molar-refractivity contribution is -0.461. The highest BCUT2D eigenvalue weighted by atomic mass is 28.4. The molecule has 0 saturated heterocycles. The first-order chi connectivity index (χ1) is 31.9. The van der Waals surface area contributed by atoms with Crippen molar-refractivity contribution in [2.75, 3.05) is 32.8 Å². The highest BCUT2D eigenvalue weighted by Crippen LogP contribution is 2.64. The molecule has 2 atom stereocenters. The van der Waals surface area contributed by atoms with Gasteiger partial charge in [-0.3, -0.25) is 15.3 Å². The van der Waals surface area contributed by atoms with Gasteiger partial charge in [-0.05, 0) is 78.0 Å². The zero-order valence-electron chi connectivity index (χ0n) is 37.9. The van der Waals surface area contributed by atoms with Gasteiger partial charge in [-0.25, -0.2) is 10.3 Å². The zero-order valence-corrected chi connectivity index (χ0v) is 38.9. The number of nitrogens with one attached hydrogen (secondary N) is 2. The SMILES string of the molecule is COc1ccc(NC(=O)O[C@@H](c2ccc(OCCO[Si](CCC(F)(F)C(F)(F)C(F)(F)C(F)(F)C(F)(F)C(F)(F)C(F)(F)C(F)(F)F)(C(C)C)C(C)C)cc2)[C@H](C/C=C/C(C)=C/C(=O)NO)OC)cc1. The van der Waals surface area contributed by atoms with Gasteiger partial charge in [-0.1, -0.05) is 52.0 Å². The van der Waals surface area contributed by atoms with E-state index in [2.05, 4.69) is 5.32 Å². The summed E-state index contributed by atoms with van der Waals surface area (Å²) < 4.78 is 265. The molecule has 70 heavy (non-hydrogen) atoms. The third-order valence-electron chi connectivity index (χ3n) is 10.9. The maximum Gasteiger partial charge on any atom is 0.460 e. The Labute approximate surface area is 390 Å². The van der Waals surface area contributed by atoms with Crippen LogP contribution in [0.3, 0.4) is 0 Å². The fourth-order valence-electron chi connectivity index (χ4n) is 6.81. The third-order valence-corrected chi connectivity index (χ3v) is 16.6. The van der Waals surface area contributed by atoms with E-state index in [-0.39, 0.29) is 12.2 Å². The second-order valence-corrected chi connectivity index (χ2v) is 21.1. The Morgan fingerprint density at radius 1 is 0.686 bits per heavy atom. The molecule has 0 spiro atoms. The molecule has 0 aliphatic heterocycles. The van der Waals surface area contributed by atoms with Gasteiger partial charge in [0.05, 0.1) is 13.7 Å². The summed E-state index contributed by atoms with van der Waals surface area (Å²) in [4.78, 5) is 24.6. The fraction of sp³-hybridized carbons (Fsp3) is 0.571. The van der Waals surface area contributed by atoms with Crippen molar-refractivity contribution in [3.63, 3.8) is 0 Å². The number of alkyl halides is 17. The highest BCUT2D eigenvalue weighted by molar-refractivity contribution is 6.76. The molecule has 0 aromatic heterocycles. The summed E-state index contributed by atoms with van der Waals surface area (Å²) in [5.41, 5.74) is 0.687. The zero-order chi connectivity index (χ0) is 54.1. The number of hydrogen-bond acceptors (Lipinski definition) is 8. The van der Waals surface area contributed by atoms with Gasteiger partial charge in [0.1, 0.15) is 24.2 Å². The molecule has 3 N–H and O–H groups in total. The number of ether oxygens (including phenoxy) is 4. The summed E-state index contributed by atoms with van der Waals surface area (Å²) in [6, 6.07) is 10.5. The number of carbonyl (C=O) groups excluding carboxylic acids is 2. The van der Waals surface area contributed by atoms with Gasteiger partial charge in [0.15, 0.2) is 14.4 Å². The van der Waals surface area contributed by atoms with Gasteiger partial charge in [0.2, 0.25) is 0 Å². The number of amides is 2. The Hall–Kier alpha value is -4.83. The molecular formula is C42H49F17N2O8Si. The lowest BCUT2D eigenvalue weighted by Gasteiger charge is -2.44. The number of hydrogen-bond donors (Lipinski definition) is 3. The maximum atomic E-state index is 15.1. The first-order valence-corrected chi connectivity index (χ1v) is 22.7. The molecule has 398 valence electrons. The van der Waals surface area contributed by atoms with Gasteiger partial charge in [-0.2, -0.15) is 74.6 Å². The minimum Gasteiger partial charge on any atom is -0.497 e. The Morgan fingerprint density at radius 3 is 1.63 bits per heavy atom. The fourth-order valence-corrected chi connectivity index (χ4v) is 11.3. The molecule has 0 unspecified atom stereocenters. The van der Waals surface area contributed by atoms with E-state index in [0.717, 1.165) is 6.08 Å². The van der Waals surface area contributed by atoms with Crippen LogP contribution in [0.1, 0.15) is 59.1 Å². The van der Waals surface area contributed by atoms with Gasteiger partial charge >= 0.3 is 53.7 Å². The molecule has 0 aliphatic carbocycles. The van der Waals surface area contributed by atoms with Crippen LogP contribution in [-0.4, -0.2) is 107 Å². The third kappa shape index (κ3) is 13.0. The maximum absolute atomic E-state index is 15.1. The van der Waals surface area contributed by atoms with Crippen molar-refractivity contribution in [1.29, 1.82) is 0 Å². The van der Waals surface area contributed by atoms with E-state index in [4.69, 9.17) is 28.6 Å². The number of halogens is 17. The lowest BCUT2D eigenvalue weighted by atomic mass is 9.88.